The number of hydrogen-bond donors (Lipinski definition) is 2. The Hall–Kier alpha value is -1.24. The van der Waals surface area contributed by atoms with Gasteiger partial charge in [0.05, 0.1) is 5.69 Å². The molecular formula is C11H16N4OS. The number of aryl methyl sites for hydroxylation is 1. The molecule has 2 aromatic heterocycles. The minimum absolute atomic E-state index is 0.186. The predicted molar refractivity (Wildman–Crippen MR) is 66.6 cm³/mol. The van der Waals surface area contributed by atoms with Crippen molar-refractivity contribution in [3.63, 3.8) is 0 Å². The second-order valence-corrected chi connectivity index (χ2v) is 4.77. The van der Waals surface area contributed by atoms with Gasteiger partial charge < -0.3 is 10.4 Å². The number of thiophene rings is 1. The first-order valence-corrected chi connectivity index (χ1v) is 6.49. The van der Waals surface area contributed by atoms with E-state index >= 15 is 0 Å². The van der Waals surface area contributed by atoms with Gasteiger partial charge in [0.1, 0.15) is 0 Å². The molecule has 0 aliphatic carbocycles. The number of hydrogen-bond acceptors (Lipinski definition) is 5. The zero-order valence-corrected chi connectivity index (χ0v) is 10.4. The van der Waals surface area contributed by atoms with Crippen molar-refractivity contribution >= 4 is 11.3 Å². The molecule has 0 aliphatic rings. The molecular weight excluding hydrogens is 236 g/mol. The smallest absolute Gasteiger partial charge is 0.0964 e. The SMILES string of the molecule is OCCCn1cc(CNCc2cccs2)nn1. The highest BCUT2D eigenvalue weighted by molar-refractivity contribution is 7.09. The molecule has 0 amide bonds. The van der Waals surface area contributed by atoms with Crippen molar-refractivity contribution in [3.8, 4) is 0 Å². The summed E-state index contributed by atoms with van der Waals surface area (Å²) in [6.45, 7) is 2.48. The summed E-state index contributed by atoms with van der Waals surface area (Å²) in [6, 6.07) is 4.16. The Kier molecular flexibility index (Phi) is 4.66. The summed E-state index contributed by atoms with van der Waals surface area (Å²) < 4.78 is 1.76. The van der Waals surface area contributed by atoms with Crippen LogP contribution in [0.1, 0.15) is 17.0 Å². The molecule has 0 saturated carbocycles. The van der Waals surface area contributed by atoms with Crippen molar-refractivity contribution in [3.05, 3.63) is 34.3 Å². The van der Waals surface area contributed by atoms with Crippen molar-refractivity contribution in [2.75, 3.05) is 6.61 Å². The summed E-state index contributed by atoms with van der Waals surface area (Å²) in [4.78, 5) is 1.32. The van der Waals surface area contributed by atoms with Crippen molar-refractivity contribution in [1.82, 2.24) is 20.3 Å². The Balaban J connectivity index is 1.73. The minimum Gasteiger partial charge on any atom is -0.396 e. The normalized spacial score (nSPS) is 10.9. The Morgan fingerprint density at radius 1 is 1.41 bits per heavy atom. The van der Waals surface area contributed by atoms with Crippen LogP contribution in [0.2, 0.25) is 0 Å². The van der Waals surface area contributed by atoms with Gasteiger partial charge in [-0.1, -0.05) is 11.3 Å². The van der Waals surface area contributed by atoms with Crippen LogP contribution in [0.4, 0.5) is 0 Å². The lowest BCUT2D eigenvalue weighted by Crippen LogP contribution is -2.11. The highest BCUT2D eigenvalue weighted by Gasteiger charge is 2.00. The Labute approximate surface area is 104 Å². The lowest BCUT2D eigenvalue weighted by atomic mass is 10.4. The van der Waals surface area contributed by atoms with Gasteiger partial charge in [-0.05, 0) is 17.9 Å². The van der Waals surface area contributed by atoms with Crippen LogP contribution in [0.3, 0.4) is 0 Å². The monoisotopic (exact) mass is 252 g/mol. The molecule has 0 aliphatic heterocycles. The lowest BCUT2D eigenvalue weighted by molar-refractivity contribution is 0.276. The minimum atomic E-state index is 0.186. The zero-order valence-electron chi connectivity index (χ0n) is 9.54. The molecule has 2 N–H and O–H groups in total. The largest absolute Gasteiger partial charge is 0.396 e. The predicted octanol–water partition coefficient (Wildman–Crippen LogP) is 1.01. The molecule has 0 radical (unpaired) electrons. The highest BCUT2D eigenvalue weighted by atomic mass is 32.1. The van der Waals surface area contributed by atoms with Crippen LogP contribution in [0.25, 0.3) is 0 Å². The molecule has 0 spiro atoms. The van der Waals surface area contributed by atoms with Crippen LogP contribution in [-0.4, -0.2) is 26.7 Å². The van der Waals surface area contributed by atoms with Gasteiger partial charge >= 0.3 is 0 Å². The number of aromatic nitrogens is 3. The van der Waals surface area contributed by atoms with Gasteiger partial charge in [-0.2, -0.15) is 0 Å². The lowest BCUT2D eigenvalue weighted by Gasteiger charge is -1.99. The third-order valence-corrected chi connectivity index (χ3v) is 3.19. The summed E-state index contributed by atoms with van der Waals surface area (Å²) >= 11 is 1.74. The van der Waals surface area contributed by atoms with E-state index in [-0.39, 0.29) is 6.61 Å². The first kappa shape index (κ1) is 12.2. The van der Waals surface area contributed by atoms with E-state index in [9.17, 15) is 0 Å². The number of aliphatic hydroxyl groups is 1. The fourth-order valence-electron chi connectivity index (χ4n) is 1.49. The van der Waals surface area contributed by atoms with E-state index in [2.05, 4.69) is 27.1 Å². The third kappa shape index (κ3) is 3.92. The van der Waals surface area contributed by atoms with Crippen LogP contribution in [0.5, 0.6) is 0 Å². The van der Waals surface area contributed by atoms with E-state index < -0.39 is 0 Å². The van der Waals surface area contributed by atoms with Gasteiger partial charge in [-0.25, -0.2) is 0 Å². The quantitative estimate of drug-likeness (QED) is 0.772. The molecule has 0 atom stereocenters. The Morgan fingerprint density at radius 2 is 2.35 bits per heavy atom. The molecule has 0 unspecified atom stereocenters. The molecule has 2 rings (SSSR count). The molecule has 2 heterocycles. The van der Waals surface area contributed by atoms with Crippen molar-refractivity contribution in [2.24, 2.45) is 0 Å². The zero-order chi connectivity index (χ0) is 11.9. The standard InChI is InChI=1S/C11H16N4OS/c16-5-2-4-15-9-10(13-14-15)7-12-8-11-3-1-6-17-11/h1,3,6,9,12,16H,2,4-5,7-8H2. The van der Waals surface area contributed by atoms with Crippen LogP contribution in [0, 0.1) is 0 Å². The maximum Gasteiger partial charge on any atom is 0.0964 e. The number of nitrogens with one attached hydrogen (secondary N) is 1. The molecule has 17 heavy (non-hydrogen) atoms. The van der Waals surface area contributed by atoms with Gasteiger partial charge in [0, 0.05) is 37.3 Å². The third-order valence-electron chi connectivity index (χ3n) is 2.32. The summed E-state index contributed by atoms with van der Waals surface area (Å²) in [5, 5.41) is 22.1. The fourth-order valence-corrected chi connectivity index (χ4v) is 2.16. The molecule has 6 heteroatoms. The topological polar surface area (TPSA) is 63.0 Å². The summed E-state index contributed by atoms with van der Waals surface area (Å²) in [7, 11) is 0. The molecule has 0 saturated heterocycles. The van der Waals surface area contributed by atoms with Crippen LogP contribution in [0.15, 0.2) is 23.7 Å². The van der Waals surface area contributed by atoms with Gasteiger partial charge in [0.15, 0.2) is 0 Å². The number of nitrogens with zero attached hydrogens (tertiary/aromatic N) is 3. The van der Waals surface area contributed by atoms with E-state index in [1.165, 1.54) is 4.88 Å². The summed E-state index contributed by atoms with van der Waals surface area (Å²) in [6.07, 6.45) is 2.63. The van der Waals surface area contributed by atoms with Gasteiger partial charge in [0.2, 0.25) is 0 Å². The second kappa shape index (κ2) is 6.48. The fraction of sp³-hybridized carbons (Fsp3) is 0.455. The van der Waals surface area contributed by atoms with Gasteiger partial charge in [-0.3, -0.25) is 4.68 Å². The molecule has 0 aromatic carbocycles. The maximum absolute atomic E-state index is 8.71. The van der Waals surface area contributed by atoms with Crippen molar-refractivity contribution in [1.29, 1.82) is 0 Å². The molecule has 5 nitrogen and oxygen atoms in total. The van der Waals surface area contributed by atoms with Crippen LogP contribution >= 0.6 is 11.3 Å². The first-order chi connectivity index (χ1) is 8.38. The van der Waals surface area contributed by atoms with E-state index in [0.717, 1.165) is 18.8 Å². The number of aliphatic hydroxyl groups excluding tert-OH is 1. The summed E-state index contributed by atoms with van der Waals surface area (Å²) in [5.74, 6) is 0. The maximum atomic E-state index is 8.71. The van der Waals surface area contributed by atoms with E-state index in [1.54, 1.807) is 16.0 Å². The Bertz CT molecular complexity index is 426. The van der Waals surface area contributed by atoms with E-state index in [4.69, 9.17) is 5.11 Å². The molecule has 92 valence electrons. The second-order valence-electron chi connectivity index (χ2n) is 3.73. The van der Waals surface area contributed by atoms with Crippen molar-refractivity contribution in [2.45, 2.75) is 26.1 Å². The van der Waals surface area contributed by atoms with Crippen molar-refractivity contribution < 1.29 is 5.11 Å². The number of rotatable bonds is 7. The summed E-state index contributed by atoms with van der Waals surface area (Å²) in [5.41, 5.74) is 0.930. The molecule has 2 aromatic rings. The molecule has 0 bridgehead atoms. The average molecular weight is 252 g/mol. The van der Waals surface area contributed by atoms with Crippen LogP contribution in [-0.2, 0) is 19.6 Å². The average Bonchev–Trinajstić information content (AvgIpc) is 2.98. The van der Waals surface area contributed by atoms with Gasteiger partial charge in [0.25, 0.3) is 0 Å². The van der Waals surface area contributed by atoms with E-state index in [1.807, 2.05) is 12.3 Å². The Morgan fingerprint density at radius 3 is 3.12 bits per heavy atom. The van der Waals surface area contributed by atoms with Crippen LogP contribution < -0.4 is 5.32 Å². The van der Waals surface area contributed by atoms with E-state index in [0.29, 0.717) is 13.0 Å². The van der Waals surface area contributed by atoms with Gasteiger partial charge in [-0.15, -0.1) is 16.4 Å². The highest BCUT2D eigenvalue weighted by Crippen LogP contribution is 2.07. The first-order valence-electron chi connectivity index (χ1n) is 5.61. The molecule has 0 fully saturated rings.